The van der Waals surface area contributed by atoms with Crippen molar-refractivity contribution in [3.05, 3.63) is 29.8 Å². The fraction of sp³-hybridized carbons (Fsp3) is 0.400. The lowest BCUT2D eigenvalue weighted by molar-refractivity contribution is 0.475. The fourth-order valence-corrected chi connectivity index (χ4v) is 1.95. The molecule has 0 aliphatic heterocycles. The number of benzene rings is 1. The molecular formula is C10H15NO3S. The van der Waals surface area contributed by atoms with Crippen molar-refractivity contribution in [1.82, 2.24) is 4.31 Å². The topological polar surface area (TPSA) is 57.6 Å². The number of aryl methyl sites for hydroxylation is 1. The van der Waals surface area contributed by atoms with Gasteiger partial charge in [0.1, 0.15) is 5.75 Å². The molecule has 4 nitrogen and oxygen atoms in total. The standard InChI is InChI=1S/C10H15NO3S/c1-11(2)15(13,14)8-7-9-3-5-10(12)6-4-9/h3-6,12H,7-8H2,1-2H3. The maximum absolute atomic E-state index is 11.4. The molecule has 0 amide bonds. The van der Waals surface area contributed by atoms with Gasteiger partial charge < -0.3 is 5.11 Å². The van der Waals surface area contributed by atoms with E-state index in [1.807, 2.05) is 0 Å². The second-order valence-electron chi connectivity index (χ2n) is 3.51. The van der Waals surface area contributed by atoms with Gasteiger partial charge in [-0.2, -0.15) is 0 Å². The smallest absolute Gasteiger partial charge is 0.213 e. The molecule has 15 heavy (non-hydrogen) atoms. The monoisotopic (exact) mass is 229 g/mol. The van der Waals surface area contributed by atoms with Crippen molar-refractivity contribution >= 4 is 10.0 Å². The maximum Gasteiger partial charge on any atom is 0.213 e. The average Bonchev–Trinajstić information content (AvgIpc) is 2.17. The highest BCUT2D eigenvalue weighted by Crippen LogP contribution is 2.11. The molecule has 0 aliphatic carbocycles. The molecule has 0 atom stereocenters. The Hall–Kier alpha value is -1.07. The maximum atomic E-state index is 11.4. The highest BCUT2D eigenvalue weighted by atomic mass is 32.2. The van der Waals surface area contributed by atoms with Gasteiger partial charge in [-0.1, -0.05) is 12.1 Å². The quantitative estimate of drug-likeness (QED) is 0.831. The molecule has 0 radical (unpaired) electrons. The molecule has 0 saturated heterocycles. The van der Waals surface area contributed by atoms with Crippen LogP contribution in [0.2, 0.25) is 0 Å². The van der Waals surface area contributed by atoms with Gasteiger partial charge in [-0.3, -0.25) is 0 Å². The zero-order chi connectivity index (χ0) is 11.5. The number of aromatic hydroxyl groups is 1. The van der Waals surface area contributed by atoms with E-state index in [1.54, 1.807) is 24.3 Å². The minimum absolute atomic E-state index is 0.0881. The molecule has 84 valence electrons. The second kappa shape index (κ2) is 4.63. The minimum Gasteiger partial charge on any atom is -0.508 e. The Morgan fingerprint density at radius 1 is 1.20 bits per heavy atom. The summed E-state index contributed by atoms with van der Waals surface area (Å²) in [5, 5.41) is 9.05. The van der Waals surface area contributed by atoms with Crippen LogP contribution in [-0.2, 0) is 16.4 Å². The van der Waals surface area contributed by atoms with E-state index in [-0.39, 0.29) is 11.5 Å². The Kier molecular flexibility index (Phi) is 3.71. The van der Waals surface area contributed by atoms with Gasteiger partial charge in [0.2, 0.25) is 10.0 Å². The van der Waals surface area contributed by atoms with Crippen molar-refractivity contribution in [2.75, 3.05) is 19.8 Å². The highest BCUT2D eigenvalue weighted by molar-refractivity contribution is 7.89. The average molecular weight is 229 g/mol. The molecule has 0 fully saturated rings. The minimum atomic E-state index is -3.14. The normalized spacial score (nSPS) is 11.9. The third kappa shape index (κ3) is 3.53. The van der Waals surface area contributed by atoms with Crippen LogP contribution in [0, 0.1) is 0 Å². The number of hydrogen-bond donors (Lipinski definition) is 1. The van der Waals surface area contributed by atoms with Gasteiger partial charge in [-0.25, -0.2) is 12.7 Å². The zero-order valence-corrected chi connectivity index (χ0v) is 9.66. The van der Waals surface area contributed by atoms with Crippen molar-refractivity contribution in [1.29, 1.82) is 0 Å². The van der Waals surface area contributed by atoms with Crippen LogP contribution in [0.3, 0.4) is 0 Å². The van der Waals surface area contributed by atoms with Crippen LogP contribution < -0.4 is 0 Å². The molecule has 1 rings (SSSR count). The largest absolute Gasteiger partial charge is 0.508 e. The summed E-state index contributed by atoms with van der Waals surface area (Å²) in [5.41, 5.74) is 0.901. The zero-order valence-electron chi connectivity index (χ0n) is 8.84. The van der Waals surface area contributed by atoms with E-state index in [9.17, 15) is 8.42 Å². The fourth-order valence-electron chi connectivity index (χ4n) is 1.09. The molecule has 0 heterocycles. The van der Waals surface area contributed by atoms with Gasteiger partial charge in [-0.15, -0.1) is 0 Å². The summed E-state index contributed by atoms with van der Waals surface area (Å²) in [7, 11) is -0.0957. The van der Waals surface area contributed by atoms with Crippen LogP contribution in [0.15, 0.2) is 24.3 Å². The van der Waals surface area contributed by atoms with E-state index >= 15 is 0 Å². The van der Waals surface area contributed by atoms with Crippen LogP contribution in [0.25, 0.3) is 0 Å². The third-order valence-corrected chi connectivity index (χ3v) is 3.97. The number of hydrogen-bond acceptors (Lipinski definition) is 3. The Bertz CT molecular complexity index is 409. The van der Waals surface area contributed by atoms with Crippen molar-refractivity contribution < 1.29 is 13.5 Å². The van der Waals surface area contributed by atoms with Gasteiger partial charge in [0.15, 0.2) is 0 Å². The molecule has 0 aromatic heterocycles. The summed E-state index contributed by atoms with van der Waals surface area (Å²) in [6.45, 7) is 0. The lowest BCUT2D eigenvalue weighted by atomic mass is 10.2. The summed E-state index contributed by atoms with van der Waals surface area (Å²) >= 11 is 0. The second-order valence-corrected chi connectivity index (χ2v) is 5.82. The van der Waals surface area contributed by atoms with Crippen molar-refractivity contribution in [2.24, 2.45) is 0 Å². The van der Waals surface area contributed by atoms with Crippen LogP contribution in [0.5, 0.6) is 5.75 Å². The number of sulfonamides is 1. The molecule has 0 bridgehead atoms. The molecular weight excluding hydrogens is 214 g/mol. The Balaban J connectivity index is 2.62. The van der Waals surface area contributed by atoms with Gasteiger partial charge in [0.05, 0.1) is 5.75 Å². The number of nitrogens with zero attached hydrogens (tertiary/aromatic N) is 1. The third-order valence-electron chi connectivity index (χ3n) is 2.14. The summed E-state index contributed by atoms with van der Waals surface area (Å²) in [6, 6.07) is 6.55. The van der Waals surface area contributed by atoms with E-state index in [0.29, 0.717) is 6.42 Å². The number of phenolic OH excluding ortho intramolecular Hbond substituents is 1. The molecule has 1 aromatic rings. The predicted octanol–water partition coefficient (Wildman–Crippen LogP) is 0.826. The first-order valence-electron chi connectivity index (χ1n) is 4.60. The van der Waals surface area contributed by atoms with Crippen molar-refractivity contribution in [3.8, 4) is 5.75 Å². The summed E-state index contributed by atoms with van der Waals surface area (Å²) < 4.78 is 24.1. The number of phenols is 1. The van der Waals surface area contributed by atoms with Gasteiger partial charge in [0, 0.05) is 14.1 Å². The van der Waals surface area contributed by atoms with Crippen LogP contribution in [0.1, 0.15) is 5.56 Å². The van der Waals surface area contributed by atoms with Crippen molar-refractivity contribution in [3.63, 3.8) is 0 Å². The molecule has 0 spiro atoms. The summed E-state index contributed by atoms with van der Waals surface area (Å²) in [6.07, 6.45) is 0.459. The molecule has 0 unspecified atom stereocenters. The lowest BCUT2D eigenvalue weighted by Crippen LogP contribution is -2.25. The molecule has 1 aromatic carbocycles. The van der Waals surface area contributed by atoms with E-state index in [0.717, 1.165) is 5.56 Å². The van der Waals surface area contributed by atoms with Crippen LogP contribution in [-0.4, -0.2) is 37.7 Å². The SMILES string of the molecule is CN(C)S(=O)(=O)CCc1ccc(O)cc1. The summed E-state index contributed by atoms with van der Waals surface area (Å²) in [4.78, 5) is 0. The van der Waals surface area contributed by atoms with E-state index in [4.69, 9.17) is 5.11 Å². The van der Waals surface area contributed by atoms with Gasteiger partial charge >= 0.3 is 0 Å². The molecule has 1 N–H and O–H groups in total. The Labute approximate surface area is 90.2 Å². The first-order valence-corrected chi connectivity index (χ1v) is 6.21. The Morgan fingerprint density at radius 2 is 1.73 bits per heavy atom. The van der Waals surface area contributed by atoms with Crippen molar-refractivity contribution in [2.45, 2.75) is 6.42 Å². The molecule has 0 saturated carbocycles. The van der Waals surface area contributed by atoms with Crippen LogP contribution >= 0.6 is 0 Å². The first kappa shape index (κ1) is 12.0. The van der Waals surface area contributed by atoms with Crippen LogP contribution in [0.4, 0.5) is 0 Å². The summed E-state index contributed by atoms with van der Waals surface area (Å²) in [5.74, 6) is 0.277. The molecule has 0 aliphatic rings. The van der Waals surface area contributed by atoms with E-state index in [2.05, 4.69) is 0 Å². The van der Waals surface area contributed by atoms with Gasteiger partial charge in [-0.05, 0) is 24.1 Å². The number of rotatable bonds is 4. The van der Waals surface area contributed by atoms with E-state index in [1.165, 1.54) is 18.4 Å². The van der Waals surface area contributed by atoms with E-state index < -0.39 is 10.0 Å². The molecule has 5 heteroatoms. The Morgan fingerprint density at radius 3 is 2.20 bits per heavy atom. The predicted molar refractivity (Wildman–Crippen MR) is 59.3 cm³/mol. The van der Waals surface area contributed by atoms with Gasteiger partial charge in [0.25, 0.3) is 0 Å². The lowest BCUT2D eigenvalue weighted by Gasteiger charge is -2.10. The highest BCUT2D eigenvalue weighted by Gasteiger charge is 2.12. The first-order chi connectivity index (χ1) is 6.92.